The van der Waals surface area contributed by atoms with Crippen molar-refractivity contribution in [2.24, 2.45) is 0 Å². The molecule has 1 saturated carbocycles. The number of rotatable bonds is 2. The zero-order valence-corrected chi connectivity index (χ0v) is 10.8. The van der Waals surface area contributed by atoms with Crippen LogP contribution in [-0.4, -0.2) is 5.25 Å². The molecule has 0 saturated heterocycles. The molecule has 1 fully saturated rings. The van der Waals surface area contributed by atoms with Crippen LogP contribution >= 0.6 is 27.7 Å². The summed E-state index contributed by atoms with van der Waals surface area (Å²) in [7, 11) is 0. The summed E-state index contributed by atoms with van der Waals surface area (Å²) in [5.74, 6) is 0. The van der Waals surface area contributed by atoms with Crippen molar-refractivity contribution >= 4 is 27.7 Å². The van der Waals surface area contributed by atoms with Crippen molar-refractivity contribution in [3.63, 3.8) is 0 Å². The summed E-state index contributed by atoms with van der Waals surface area (Å²) in [6.07, 6.45) is 5.27. The second kappa shape index (κ2) is 5.05. The molecule has 0 aromatic heterocycles. The van der Waals surface area contributed by atoms with Crippen LogP contribution in [0.1, 0.15) is 31.2 Å². The van der Waals surface area contributed by atoms with Crippen LogP contribution in [0.2, 0.25) is 0 Å². The van der Waals surface area contributed by atoms with Gasteiger partial charge in [0.1, 0.15) is 6.07 Å². The van der Waals surface area contributed by atoms with Gasteiger partial charge in [-0.15, -0.1) is 11.8 Å². The number of thioether (sulfide) groups is 1. The molecule has 0 heterocycles. The molecular weight excluding hydrogens is 270 g/mol. The fraction of sp³-hybridized carbons (Fsp3) is 0.417. The van der Waals surface area contributed by atoms with Gasteiger partial charge in [-0.3, -0.25) is 0 Å². The van der Waals surface area contributed by atoms with Crippen LogP contribution < -0.4 is 0 Å². The van der Waals surface area contributed by atoms with E-state index in [9.17, 15) is 0 Å². The van der Waals surface area contributed by atoms with E-state index in [0.29, 0.717) is 5.25 Å². The molecule has 1 nitrogen and oxygen atoms in total. The first-order valence-electron chi connectivity index (χ1n) is 5.16. The second-order valence-corrected chi connectivity index (χ2v) is 6.03. The molecule has 0 bridgehead atoms. The number of hydrogen-bond donors (Lipinski definition) is 0. The Morgan fingerprint density at radius 2 is 2.07 bits per heavy atom. The summed E-state index contributed by atoms with van der Waals surface area (Å²) in [4.78, 5) is 1.12. The van der Waals surface area contributed by atoms with Gasteiger partial charge in [-0.2, -0.15) is 5.26 Å². The summed E-state index contributed by atoms with van der Waals surface area (Å²) in [6, 6.07) is 8.13. The van der Waals surface area contributed by atoms with Gasteiger partial charge in [-0.05, 0) is 31.0 Å². The molecule has 1 aliphatic rings. The molecule has 0 spiro atoms. The average Bonchev–Trinajstić information content (AvgIpc) is 2.71. The highest BCUT2D eigenvalue weighted by atomic mass is 79.9. The first-order valence-corrected chi connectivity index (χ1v) is 6.83. The molecule has 0 amide bonds. The Labute approximate surface area is 103 Å². The molecule has 0 aliphatic heterocycles. The van der Waals surface area contributed by atoms with Crippen molar-refractivity contribution in [3.05, 3.63) is 28.2 Å². The SMILES string of the molecule is N#Cc1ccc(Br)cc1SC1CCCC1. The molecule has 78 valence electrons. The van der Waals surface area contributed by atoms with Crippen molar-refractivity contribution in [3.8, 4) is 6.07 Å². The van der Waals surface area contributed by atoms with Crippen LogP contribution in [0.4, 0.5) is 0 Å². The summed E-state index contributed by atoms with van der Waals surface area (Å²) < 4.78 is 1.06. The Morgan fingerprint density at radius 3 is 2.73 bits per heavy atom. The quantitative estimate of drug-likeness (QED) is 0.805. The summed E-state index contributed by atoms with van der Waals surface area (Å²) >= 11 is 5.32. The van der Waals surface area contributed by atoms with E-state index in [0.717, 1.165) is 14.9 Å². The minimum Gasteiger partial charge on any atom is -0.192 e. The van der Waals surface area contributed by atoms with Crippen LogP contribution in [0, 0.1) is 11.3 Å². The van der Waals surface area contributed by atoms with E-state index in [-0.39, 0.29) is 0 Å². The van der Waals surface area contributed by atoms with Crippen LogP contribution in [0.15, 0.2) is 27.6 Å². The molecule has 0 radical (unpaired) electrons. The van der Waals surface area contributed by atoms with Gasteiger partial charge in [-0.1, -0.05) is 28.8 Å². The van der Waals surface area contributed by atoms with E-state index in [1.165, 1.54) is 25.7 Å². The van der Waals surface area contributed by atoms with Crippen LogP contribution in [0.25, 0.3) is 0 Å². The van der Waals surface area contributed by atoms with Gasteiger partial charge in [-0.25, -0.2) is 0 Å². The van der Waals surface area contributed by atoms with E-state index < -0.39 is 0 Å². The van der Waals surface area contributed by atoms with Crippen LogP contribution in [0.3, 0.4) is 0 Å². The van der Waals surface area contributed by atoms with Crippen molar-refractivity contribution in [1.29, 1.82) is 5.26 Å². The summed E-state index contributed by atoms with van der Waals surface area (Å²) in [5.41, 5.74) is 0.801. The fourth-order valence-electron chi connectivity index (χ4n) is 1.87. The lowest BCUT2D eigenvalue weighted by Crippen LogP contribution is -1.94. The molecule has 1 aromatic rings. The Hall–Kier alpha value is -0.460. The van der Waals surface area contributed by atoms with Crippen molar-refractivity contribution in [2.75, 3.05) is 0 Å². The maximum absolute atomic E-state index is 9.00. The Bertz CT molecular complexity index is 391. The topological polar surface area (TPSA) is 23.8 Å². The van der Waals surface area contributed by atoms with Gasteiger partial charge in [0.15, 0.2) is 0 Å². The minimum atomic E-state index is 0.714. The second-order valence-electron chi connectivity index (χ2n) is 3.78. The number of nitriles is 1. The Balaban J connectivity index is 2.18. The molecule has 3 heteroatoms. The number of hydrogen-bond acceptors (Lipinski definition) is 2. The van der Waals surface area contributed by atoms with Gasteiger partial charge < -0.3 is 0 Å². The third kappa shape index (κ3) is 2.76. The van der Waals surface area contributed by atoms with Gasteiger partial charge in [0.05, 0.1) is 5.56 Å². The van der Waals surface area contributed by atoms with E-state index in [2.05, 4.69) is 28.1 Å². The lowest BCUT2D eigenvalue weighted by molar-refractivity contribution is 0.886. The van der Waals surface area contributed by atoms with Crippen molar-refractivity contribution in [1.82, 2.24) is 0 Å². The first kappa shape index (κ1) is 11.0. The molecule has 15 heavy (non-hydrogen) atoms. The van der Waals surface area contributed by atoms with Gasteiger partial charge in [0, 0.05) is 14.6 Å². The van der Waals surface area contributed by atoms with Gasteiger partial charge >= 0.3 is 0 Å². The van der Waals surface area contributed by atoms with E-state index >= 15 is 0 Å². The Morgan fingerprint density at radius 1 is 1.33 bits per heavy atom. The fourth-order valence-corrected chi connectivity index (χ4v) is 3.75. The third-order valence-electron chi connectivity index (χ3n) is 2.66. The van der Waals surface area contributed by atoms with Gasteiger partial charge in [0.25, 0.3) is 0 Å². The van der Waals surface area contributed by atoms with Gasteiger partial charge in [0.2, 0.25) is 0 Å². The van der Waals surface area contributed by atoms with E-state index in [1.807, 2.05) is 23.9 Å². The lowest BCUT2D eigenvalue weighted by atomic mass is 10.2. The number of benzene rings is 1. The predicted molar refractivity (Wildman–Crippen MR) is 67.0 cm³/mol. The van der Waals surface area contributed by atoms with Crippen LogP contribution in [-0.2, 0) is 0 Å². The molecule has 1 aliphatic carbocycles. The first-order chi connectivity index (χ1) is 7.29. The molecule has 0 N–H and O–H groups in total. The smallest absolute Gasteiger partial charge is 0.100 e. The maximum atomic E-state index is 9.00. The zero-order valence-electron chi connectivity index (χ0n) is 8.37. The normalized spacial score (nSPS) is 16.5. The molecule has 0 unspecified atom stereocenters. The molecule has 0 atom stereocenters. The number of nitrogens with zero attached hydrogens (tertiary/aromatic N) is 1. The Kier molecular flexibility index (Phi) is 3.71. The predicted octanol–water partition coefficient (Wildman–Crippen LogP) is 4.36. The third-order valence-corrected chi connectivity index (χ3v) is 4.55. The summed E-state index contributed by atoms with van der Waals surface area (Å²) in [5, 5.41) is 9.72. The standard InChI is InChI=1S/C12H12BrNS/c13-10-6-5-9(8-14)12(7-10)15-11-3-1-2-4-11/h5-7,11H,1-4H2. The van der Waals surface area contributed by atoms with Crippen molar-refractivity contribution < 1.29 is 0 Å². The molecule has 2 rings (SSSR count). The number of halogens is 1. The minimum absolute atomic E-state index is 0.714. The lowest BCUT2D eigenvalue weighted by Gasteiger charge is -2.10. The largest absolute Gasteiger partial charge is 0.192 e. The monoisotopic (exact) mass is 281 g/mol. The van der Waals surface area contributed by atoms with E-state index in [4.69, 9.17) is 5.26 Å². The average molecular weight is 282 g/mol. The highest BCUT2D eigenvalue weighted by Gasteiger charge is 2.17. The van der Waals surface area contributed by atoms with Crippen LogP contribution in [0.5, 0.6) is 0 Å². The molecular formula is C12H12BrNS. The van der Waals surface area contributed by atoms with Crippen molar-refractivity contribution in [2.45, 2.75) is 35.8 Å². The highest BCUT2D eigenvalue weighted by molar-refractivity contribution is 9.10. The highest BCUT2D eigenvalue weighted by Crippen LogP contribution is 2.37. The summed E-state index contributed by atoms with van der Waals surface area (Å²) in [6.45, 7) is 0. The zero-order chi connectivity index (χ0) is 10.7. The molecule has 1 aromatic carbocycles. The maximum Gasteiger partial charge on any atom is 0.100 e. The van der Waals surface area contributed by atoms with E-state index in [1.54, 1.807) is 0 Å².